The maximum Gasteiger partial charge on any atom is 0.308 e. The number of esters is 1. The predicted molar refractivity (Wildman–Crippen MR) is 281 cm³/mol. The van der Waals surface area contributed by atoms with Gasteiger partial charge >= 0.3 is 5.97 Å². The molecular weight excluding hydrogens is 1050 g/mol. The summed E-state index contributed by atoms with van der Waals surface area (Å²) in [4.78, 5) is 14.6. The van der Waals surface area contributed by atoms with Crippen LogP contribution >= 0.6 is 0 Å². The van der Waals surface area contributed by atoms with Crippen LogP contribution in [0, 0.1) is 23.7 Å². The first-order valence-electron chi connectivity index (χ1n) is 31.7. The molecule has 3 spiro atoms. The maximum atomic E-state index is 14.6. The lowest BCUT2D eigenvalue weighted by Gasteiger charge is -2.54. The van der Waals surface area contributed by atoms with Gasteiger partial charge in [-0.05, 0) is 80.8 Å². The number of aliphatic hydroxyl groups is 2. The minimum absolute atomic E-state index is 0.00643. The molecule has 33 atom stereocenters. The van der Waals surface area contributed by atoms with Gasteiger partial charge in [0.25, 0.3) is 0 Å². The standard InChI is InChI=1S/C62H88O19/c1-27-14-33-8-10-37-28(2)15-35(66-37)12-13-60-26-59(7)58(81-60)57-56(78-59)55(80-60)54-38(71-57)11-9-34(68-54)16-49(65)74-53-32(6)52-45(70-44(53)17-39(67-33)31(27)5)20-43-47(73-52)23-62(75-43)24-48-51(79-62)30(4)22-61(77-48)21-29(3)50-46(76-61)19-41-42(72-50)18-40(69-41)36(64)25-63/h27,29-30,32-48,50-58,63-64H,2,5,8-26H2,1,3-4,6-7H3. The van der Waals surface area contributed by atoms with Crippen molar-refractivity contribution in [3.8, 4) is 0 Å². The lowest BCUT2D eigenvalue weighted by molar-refractivity contribution is -0.369. The highest BCUT2D eigenvalue weighted by molar-refractivity contribution is 5.70. The Morgan fingerprint density at radius 1 is 0.519 bits per heavy atom. The van der Waals surface area contributed by atoms with Gasteiger partial charge in [0.1, 0.15) is 48.3 Å². The van der Waals surface area contributed by atoms with Crippen LogP contribution in [0.1, 0.15) is 150 Å². The average Bonchev–Trinajstić information content (AvgIpc) is 4.24. The lowest BCUT2D eigenvalue weighted by Crippen LogP contribution is -2.62. The third-order valence-corrected chi connectivity index (χ3v) is 23.0. The summed E-state index contributed by atoms with van der Waals surface area (Å²) in [7, 11) is 0. The van der Waals surface area contributed by atoms with E-state index in [9.17, 15) is 15.0 Å². The van der Waals surface area contributed by atoms with E-state index in [1.807, 2.05) is 0 Å². The predicted octanol–water partition coefficient (Wildman–Crippen LogP) is 5.72. The molecule has 0 saturated carbocycles. The highest BCUT2D eigenvalue weighted by atomic mass is 16.8. The summed E-state index contributed by atoms with van der Waals surface area (Å²) in [6.07, 6.45) is 3.80. The van der Waals surface area contributed by atoms with Crippen LogP contribution in [0.5, 0.6) is 0 Å². The Morgan fingerprint density at radius 3 is 2.05 bits per heavy atom. The molecule has 81 heavy (non-hydrogen) atoms. The average molecular weight is 1140 g/mol. The van der Waals surface area contributed by atoms with Gasteiger partial charge in [-0.2, -0.15) is 0 Å². The van der Waals surface area contributed by atoms with E-state index < -0.39 is 65.7 Å². The van der Waals surface area contributed by atoms with Crippen molar-refractivity contribution in [2.24, 2.45) is 23.7 Å². The van der Waals surface area contributed by atoms with Crippen LogP contribution in [0.3, 0.4) is 0 Å². The van der Waals surface area contributed by atoms with Crippen LogP contribution in [-0.4, -0.2) is 198 Å². The lowest BCUT2D eigenvalue weighted by atomic mass is 9.78. The topological polar surface area (TPSA) is 205 Å². The normalized spacial score (nSPS) is 59.3. The number of fused-ring (bicyclic) bond motifs is 11. The number of hydrogen-bond acceptors (Lipinski definition) is 19. The van der Waals surface area contributed by atoms with Gasteiger partial charge in [-0.3, -0.25) is 4.79 Å². The highest BCUT2D eigenvalue weighted by Crippen LogP contribution is 2.60. The third kappa shape index (κ3) is 9.13. The quantitative estimate of drug-likeness (QED) is 0.251. The summed E-state index contributed by atoms with van der Waals surface area (Å²) in [5.74, 6) is -2.65. The Labute approximate surface area is 475 Å². The Kier molecular flexibility index (Phi) is 13.4. The molecule has 17 rings (SSSR count). The van der Waals surface area contributed by atoms with Crippen LogP contribution < -0.4 is 0 Å². The van der Waals surface area contributed by atoms with Gasteiger partial charge < -0.3 is 86.0 Å². The summed E-state index contributed by atoms with van der Waals surface area (Å²) in [5, 5.41) is 20.0. The molecule has 450 valence electrons. The Hall–Kier alpha value is -1.73. The minimum Gasteiger partial charge on any atom is -0.459 e. The number of rotatable bonds is 2. The second-order valence-corrected chi connectivity index (χ2v) is 28.8. The van der Waals surface area contributed by atoms with Crippen LogP contribution in [0.2, 0.25) is 0 Å². The van der Waals surface area contributed by atoms with Crippen molar-refractivity contribution in [2.45, 2.75) is 326 Å². The van der Waals surface area contributed by atoms with E-state index in [-0.39, 0.29) is 153 Å². The molecular formula is C62H88O19. The molecule has 19 heteroatoms. The van der Waals surface area contributed by atoms with E-state index in [1.54, 1.807) is 0 Å². The van der Waals surface area contributed by atoms with Gasteiger partial charge in [-0.25, -0.2) is 0 Å². The molecule has 0 aromatic carbocycles. The van der Waals surface area contributed by atoms with Crippen molar-refractivity contribution in [2.75, 3.05) is 6.61 Å². The molecule has 17 fully saturated rings. The molecule has 0 radical (unpaired) electrons. The van der Waals surface area contributed by atoms with Crippen molar-refractivity contribution in [3.63, 3.8) is 0 Å². The molecule has 12 bridgehead atoms. The van der Waals surface area contributed by atoms with Gasteiger partial charge in [-0.15, -0.1) is 0 Å². The molecule has 17 aliphatic rings. The van der Waals surface area contributed by atoms with Gasteiger partial charge in [0, 0.05) is 70.1 Å². The minimum atomic E-state index is -0.942. The number of carbonyl (C=O) groups excluding carboxylic acids is 1. The van der Waals surface area contributed by atoms with E-state index in [4.69, 9.17) is 75.8 Å². The zero-order chi connectivity index (χ0) is 55.2. The van der Waals surface area contributed by atoms with Crippen LogP contribution in [0.15, 0.2) is 24.3 Å². The number of carbonyl (C=O) groups is 1. The van der Waals surface area contributed by atoms with Crippen molar-refractivity contribution in [1.29, 1.82) is 0 Å². The summed E-state index contributed by atoms with van der Waals surface area (Å²) in [5.41, 5.74) is 1.61. The van der Waals surface area contributed by atoms with E-state index in [2.05, 4.69) is 47.8 Å². The SMILES string of the molecule is C=C1CC2CCC34CC5(C)OC6C(O3)C3OC(CCC3OC6C5O4)CC(=O)OC3C(CC4OC(CCC1O2)CC(C)C4=C)OC1CC2OC4(CC2OC1C3C)CC1OC2(CC(C)C3OC5CC(C(O)CO)OC5CC3O2)CC(C)C1O4. The van der Waals surface area contributed by atoms with Gasteiger partial charge in [0.15, 0.2) is 17.4 Å². The first kappa shape index (κ1) is 54.6. The first-order chi connectivity index (χ1) is 38.9. The van der Waals surface area contributed by atoms with E-state index >= 15 is 0 Å². The summed E-state index contributed by atoms with van der Waals surface area (Å²) in [6, 6.07) is 0. The van der Waals surface area contributed by atoms with Crippen molar-refractivity contribution >= 4 is 5.97 Å². The Morgan fingerprint density at radius 2 is 1.20 bits per heavy atom. The molecule has 17 aliphatic heterocycles. The Balaban J connectivity index is 0.630. The number of aliphatic hydroxyl groups excluding tert-OH is 2. The zero-order valence-corrected chi connectivity index (χ0v) is 47.9. The van der Waals surface area contributed by atoms with Gasteiger partial charge in [-0.1, -0.05) is 40.9 Å². The van der Waals surface area contributed by atoms with Crippen LogP contribution in [0.4, 0.5) is 0 Å². The highest BCUT2D eigenvalue weighted by Gasteiger charge is 2.73. The Bertz CT molecular complexity index is 2460. The van der Waals surface area contributed by atoms with Crippen molar-refractivity contribution in [1.82, 2.24) is 0 Å². The monoisotopic (exact) mass is 1140 g/mol. The van der Waals surface area contributed by atoms with Gasteiger partial charge in [0.05, 0.1) is 123 Å². The fraction of sp³-hybridized carbons (Fsp3) is 0.919. The van der Waals surface area contributed by atoms with Crippen LogP contribution in [-0.2, 0) is 80.6 Å². The summed E-state index contributed by atoms with van der Waals surface area (Å²) >= 11 is 0. The number of ether oxygens (including phenoxy) is 16. The molecule has 0 aromatic heterocycles. The van der Waals surface area contributed by atoms with E-state index in [0.29, 0.717) is 70.6 Å². The number of hydrogen-bond donors (Lipinski definition) is 2. The van der Waals surface area contributed by atoms with Crippen LogP contribution in [0.25, 0.3) is 0 Å². The summed E-state index contributed by atoms with van der Waals surface area (Å²) in [6.45, 7) is 19.8. The smallest absolute Gasteiger partial charge is 0.308 e. The van der Waals surface area contributed by atoms with Gasteiger partial charge in [0.2, 0.25) is 0 Å². The molecule has 2 N–H and O–H groups in total. The maximum absolute atomic E-state index is 14.6. The molecule has 0 aromatic rings. The second kappa shape index (κ2) is 19.9. The molecule has 17 saturated heterocycles. The first-order valence-corrected chi connectivity index (χ1v) is 31.7. The molecule has 33 unspecified atom stereocenters. The molecule has 0 amide bonds. The van der Waals surface area contributed by atoms with Crippen molar-refractivity contribution < 1.29 is 90.8 Å². The van der Waals surface area contributed by atoms with E-state index in [0.717, 1.165) is 49.7 Å². The summed E-state index contributed by atoms with van der Waals surface area (Å²) < 4.78 is 111. The molecule has 17 heterocycles. The van der Waals surface area contributed by atoms with Crippen molar-refractivity contribution in [3.05, 3.63) is 24.3 Å². The third-order valence-electron chi connectivity index (χ3n) is 23.0. The van der Waals surface area contributed by atoms with E-state index in [1.165, 1.54) is 0 Å². The zero-order valence-electron chi connectivity index (χ0n) is 47.9. The fourth-order valence-electron chi connectivity index (χ4n) is 19.2. The molecule has 19 nitrogen and oxygen atoms in total. The molecule has 0 aliphatic carbocycles. The largest absolute Gasteiger partial charge is 0.459 e. The second-order valence-electron chi connectivity index (χ2n) is 28.8. The fourth-order valence-corrected chi connectivity index (χ4v) is 19.2.